The van der Waals surface area contributed by atoms with E-state index >= 15 is 0 Å². The smallest absolute Gasteiger partial charge is 0.234 e. The minimum Gasteiger partial charge on any atom is -0.388 e. The number of aliphatic hydroxyl groups is 1. The molecular weight excluding hydrogens is 256 g/mol. The topological polar surface area (TPSA) is 70.6 Å². The van der Waals surface area contributed by atoms with Crippen molar-refractivity contribution in [3.8, 4) is 0 Å². The van der Waals surface area contributed by atoms with Gasteiger partial charge in [-0.2, -0.15) is 0 Å². The van der Waals surface area contributed by atoms with Crippen LogP contribution in [0.5, 0.6) is 0 Å². The first-order chi connectivity index (χ1) is 9.63. The molecule has 0 saturated heterocycles. The van der Waals surface area contributed by atoms with Gasteiger partial charge < -0.3 is 20.5 Å². The highest BCUT2D eigenvalue weighted by molar-refractivity contribution is 5.78. The van der Waals surface area contributed by atoms with E-state index in [4.69, 9.17) is 4.74 Å². The zero-order chi connectivity index (χ0) is 14.8. The number of rotatable bonds is 9. The highest BCUT2D eigenvalue weighted by atomic mass is 16.5. The number of ether oxygens (including phenoxy) is 1. The molecule has 2 unspecified atom stereocenters. The molecule has 20 heavy (non-hydrogen) atoms. The number of hydrogen-bond donors (Lipinski definition) is 3. The Kier molecular flexibility index (Phi) is 7.87. The molecule has 0 aliphatic rings. The van der Waals surface area contributed by atoms with Crippen LogP contribution in [0.3, 0.4) is 0 Å². The van der Waals surface area contributed by atoms with E-state index in [0.717, 1.165) is 5.56 Å². The summed E-state index contributed by atoms with van der Waals surface area (Å²) < 4.78 is 4.88. The third kappa shape index (κ3) is 6.65. The van der Waals surface area contributed by atoms with Crippen LogP contribution in [0.2, 0.25) is 0 Å². The third-order valence-corrected chi connectivity index (χ3v) is 2.94. The highest BCUT2D eigenvalue weighted by Gasteiger charge is 2.13. The Labute approximate surface area is 120 Å². The summed E-state index contributed by atoms with van der Waals surface area (Å²) in [5.41, 5.74) is 0.867. The van der Waals surface area contributed by atoms with Gasteiger partial charge in [0.2, 0.25) is 5.91 Å². The van der Waals surface area contributed by atoms with Crippen LogP contribution in [-0.2, 0) is 9.53 Å². The molecule has 1 rings (SSSR count). The number of benzene rings is 1. The molecule has 0 heterocycles. The van der Waals surface area contributed by atoms with Gasteiger partial charge in [-0.1, -0.05) is 30.3 Å². The number of carbonyl (C=O) groups excluding carboxylic acids is 1. The largest absolute Gasteiger partial charge is 0.388 e. The van der Waals surface area contributed by atoms with Crippen molar-refractivity contribution in [2.75, 3.05) is 26.8 Å². The maximum absolute atomic E-state index is 11.6. The summed E-state index contributed by atoms with van der Waals surface area (Å²) in [7, 11) is 1.62. The van der Waals surface area contributed by atoms with Gasteiger partial charge in [-0.15, -0.1) is 0 Å². The standard InChI is InChI=1S/C15H24N2O3/c1-12(17-15(19)11-16-8-9-20-2)10-14(18)13-6-4-3-5-7-13/h3-7,12,14,16,18H,8-11H2,1-2H3,(H,17,19). The molecular formula is C15H24N2O3. The lowest BCUT2D eigenvalue weighted by Gasteiger charge is -2.18. The fourth-order valence-electron chi connectivity index (χ4n) is 1.91. The minimum absolute atomic E-state index is 0.0751. The van der Waals surface area contributed by atoms with Crippen LogP contribution in [0.15, 0.2) is 30.3 Å². The number of amides is 1. The summed E-state index contributed by atoms with van der Waals surface area (Å²) in [6, 6.07) is 9.37. The number of aliphatic hydroxyl groups excluding tert-OH is 1. The molecule has 112 valence electrons. The molecule has 1 amide bonds. The Bertz CT molecular complexity index is 384. The average Bonchev–Trinajstić information content (AvgIpc) is 2.44. The molecule has 1 aromatic rings. The van der Waals surface area contributed by atoms with Crippen molar-refractivity contribution in [2.24, 2.45) is 0 Å². The maximum atomic E-state index is 11.6. The summed E-state index contributed by atoms with van der Waals surface area (Å²) in [6.45, 7) is 3.37. The molecule has 0 bridgehead atoms. The van der Waals surface area contributed by atoms with Gasteiger partial charge in [-0.05, 0) is 18.9 Å². The Hall–Kier alpha value is -1.43. The van der Waals surface area contributed by atoms with E-state index < -0.39 is 6.10 Å². The molecule has 5 nitrogen and oxygen atoms in total. The van der Waals surface area contributed by atoms with Crippen LogP contribution in [-0.4, -0.2) is 43.9 Å². The summed E-state index contributed by atoms with van der Waals surface area (Å²) >= 11 is 0. The molecule has 3 N–H and O–H groups in total. The van der Waals surface area contributed by atoms with E-state index in [9.17, 15) is 9.90 Å². The fourth-order valence-corrected chi connectivity index (χ4v) is 1.91. The van der Waals surface area contributed by atoms with Crippen LogP contribution in [0.4, 0.5) is 0 Å². The summed E-state index contributed by atoms with van der Waals surface area (Å²) in [6.07, 6.45) is -0.0682. The lowest BCUT2D eigenvalue weighted by atomic mass is 10.0. The summed E-state index contributed by atoms with van der Waals surface area (Å²) in [4.78, 5) is 11.6. The van der Waals surface area contributed by atoms with E-state index in [-0.39, 0.29) is 18.5 Å². The Morgan fingerprint density at radius 2 is 2.05 bits per heavy atom. The number of carbonyl (C=O) groups is 1. The Morgan fingerprint density at radius 1 is 1.35 bits per heavy atom. The van der Waals surface area contributed by atoms with Gasteiger partial charge in [0.15, 0.2) is 0 Å². The Morgan fingerprint density at radius 3 is 2.70 bits per heavy atom. The zero-order valence-corrected chi connectivity index (χ0v) is 12.1. The molecule has 0 spiro atoms. The molecule has 0 saturated carbocycles. The van der Waals surface area contributed by atoms with E-state index in [1.54, 1.807) is 7.11 Å². The van der Waals surface area contributed by atoms with Crippen molar-refractivity contribution in [1.29, 1.82) is 0 Å². The van der Waals surface area contributed by atoms with Crippen LogP contribution in [0.1, 0.15) is 25.0 Å². The third-order valence-electron chi connectivity index (χ3n) is 2.94. The predicted octanol–water partition coefficient (Wildman–Crippen LogP) is 0.851. The molecule has 0 aliphatic heterocycles. The molecule has 0 fully saturated rings. The van der Waals surface area contributed by atoms with Crippen molar-refractivity contribution >= 4 is 5.91 Å². The molecule has 0 aliphatic carbocycles. The van der Waals surface area contributed by atoms with E-state index in [1.807, 2.05) is 37.3 Å². The van der Waals surface area contributed by atoms with Crippen LogP contribution < -0.4 is 10.6 Å². The van der Waals surface area contributed by atoms with Crippen molar-refractivity contribution in [1.82, 2.24) is 10.6 Å². The van der Waals surface area contributed by atoms with E-state index in [0.29, 0.717) is 19.6 Å². The van der Waals surface area contributed by atoms with Gasteiger partial charge >= 0.3 is 0 Å². The normalized spacial score (nSPS) is 13.8. The van der Waals surface area contributed by atoms with E-state index in [1.165, 1.54) is 0 Å². The van der Waals surface area contributed by atoms with Gasteiger partial charge in [0.25, 0.3) is 0 Å². The minimum atomic E-state index is -0.562. The second-order valence-corrected chi connectivity index (χ2v) is 4.80. The lowest BCUT2D eigenvalue weighted by molar-refractivity contribution is -0.121. The molecule has 0 radical (unpaired) electrons. The van der Waals surface area contributed by atoms with Gasteiger partial charge in [0.1, 0.15) is 0 Å². The quantitative estimate of drug-likeness (QED) is 0.587. The number of methoxy groups -OCH3 is 1. The van der Waals surface area contributed by atoms with E-state index in [2.05, 4.69) is 10.6 Å². The van der Waals surface area contributed by atoms with Crippen molar-refractivity contribution in [2.45, 2.75) is 25.5 Å². The van der Waals surface area contributed by atoms with Crippen molar-refractivity contribution < 1.29 is 14.6 Å². The first kappa shape index (κ1) is 16.6. The highest BCUT2D eigenvalue weighted by Crippen LogP contribution is 2.17. The first-order valence-electron chi connectivity index (χ1n) is 6.85. The zero-order valence-electron chi connectivity index (χ0n) is 12.1. The SMILES string of the molecule is COCCNCC(=O)NC(C)CC(O)c1ccccc1. The second-order valence-electron chi connectivity index (χ2n) is 4.80. The van der Waals surface area contributed by atoms with Crippen LogP contribution in [0, 0.1) is 0 Å². The van der Waals surface area contributed by atoms with Crippen molar-refractivity contribution in [3.63, 3.8) is 0 Å². The maximum Gasteiger partial charge on any atom is 0.234 e. The first-order valence-corrected chi connectivity index (χ1v) is 6.85. The lowest BCUT2D eigenvalue weighted by Crippen LogP contribution is -2.40. The monoisotopic (exact) mass is 280 g/mol. The number of hydrogen-bond acceptors (Lipinski definition) is 4. The average molecular weight is 280 g/mol. The van der Waals surface area contributed by atoms with Crippen LogP contribution >= 0.6 is 0 Å². The summed E-state index contributed by atoms with van der Waals surface area (Å²) in [5, 5.41) is 15.9. The number of nitrogens with one attached hydrogen (secondary N) is 2. The van der Waals surface area contributed by atoms with Gasteiger partial charge in [-0.3, -0.25) is 4.79 Å². The molecule has 0 aromatic heterocycles. The second kappa shape index (κ2) is 9.47. The molecule has 5 heteroatoms. The molecule has 2 atom stereocenters. The fraction of sp³-hybridized carbons (Fsp3) is 0.533. The van der Waals surface area contributed by atoms with Crippen molar-refractivity contribution in [3.05, 3.63) is 35.9 Å². The predicted molar refractivity (Wildman–Crippen MR) is 78.4 cm³/mol. The molecule has 1 aromatic carbocycles. The Balaban J connectivity index is 2.25. The van der Waals surface area contributed by atoms with Gasteiger partial charge in [-0.25, -0.2) is 0 Å². The summed E-state index contributed by atoms with van der Waals surface area (Å²) in [5.74, 6) is -0.0751. The van der Waals surface area contributed by atoms with Crippen LogP contribution in [0.25, 0.3) is 0 Å². The van der Waals surface area contributed by atoms with Gasteiger partial charge in [0.05, 0.1) is 19.3 Å². The van der Waals surface area contributed by atoms with Gasteiger partial charge in [0, 0.05) is 19.7 Å².